The lowest BCUT2D eigenvalue weighted by Gasteiger charge is -2.36. The molecule has 1 amide bonds. The maximum atomic E-state index is 12.4. The molecule has 0 radical (unpaired) electrons. The second kappa shape index (κ2) is 5.71. The second-order valence-electron chi connectivity index (χ2n) is 7.24. The van der Waals surface area contributed by atoms with E-state index in [1.807, 2.05) is 36.3 Å². The van der Waals surface area contributed by atoms with E-state index in [1.54, 1.807) is 12.1 Å². The first-order chi connectivity index (χ1) is 10.8. The van der Waals surface area contributed by atoms with Gasteiger partial charge in [-0.3, -0.25) is 9.36 Å². The molecule has 0 aliphatic carbocycles. The molecule has 1 aromatic carbocycles. The Labute approximate surface area is 140 Å². The number of hydrogen-bond acceptors (Lipinski definition) is 2. The van der Waals surface area contributed by atoms with Gasteiger partial charge >= 0.3 is 5.69 Å². The summed E-state index contributed by atoms with van der Waals surface area (Å²) in [6, 6.07) is 5.56. The Morgan fingerprint density at radius 1 is 1.26 bits per heavy atom. The van der Waals surface area contributed by atoms with Gasteiger partial charge in [0.25, 0.3) is 0 Å². The third-order valence-corrected chi connectivity index (χ3v) is 4.67. The van der Waals surface area contributed by atoms with Crippen LogP contribution >= 0.6 is 11.6 Å². The van der Waals surface area contributed by atoms with Crippen molar-refractivity contribution in [2.45, 2.75) is 39.7 Å². The molecular formula is C17H22ClN3O2. The number of H-pyrrole nitrogens is 1. The van der Waals surface area contributed by atoms with Gasteiger partial charge in [-0.25, -0.2) is 4.79 Å². The number of fused-ring (bicyclic) bond motifs is 1. The van der Waals surface area contributed by atoms with E-state index in [2.05, 4.69) is 4.98 Å². The predicted octanol–water partition coefficient (Wildman–Crippen LogP) is 3.19. The fourth-order valence-electron chi connectivity index (χ4n) is 3.27. The molecule has 2 aromatic rings. The van der Waals surface area contributed by atoms with E-state index in [0.717, 1.165) is 23.9 Å². The van der Waals surface area contributed by atoms with E-state index < -0.39 is 0 Å². The fourth-order valence-corrected chi connectivity index (χ4v) is 3.44. The van der Waals surface area contributed by atoms with Crippen LogP contribution in [0.2, 0.25) is 5.02 Å². The molecule has 3 rings (SSSR count). The van der Waals surface area contributed by atoms with Gasteiger partial charge in [0.1, 0.15) is 0 Å². The number of piperidine rings is 1. The molecule has 1 N–H and O–H groups in total. The molecule has 1 aliphatic heterocycles. The molecular weight excluding hydrogens is 314 g/mol. The predicted molar refractivity (Wildman–Crippen MR) is 91.9 cm³/mol. The van der Waals surface area contributed by atoms with Gasteiger partial charge in [-0.2, -0.15) is 0 Å². The van der Waals surface area contributed by atoms with Crippen molar-refractivity contribution in [3.63, 3.8) is 0 Å². The van der Waals surface area contributed by atoms with E-state index in [0.29, 0.717) is 18.1 Å². The first-order valence-electron chi connectivity index (χ1n) is 7.96. The Kier molecular flexibility index (Phi) is 4.00. The Hall–Kier alpha value is -1.75. The number of rotatable bonds is 1. The molecule has 0 bridgehead atoms. The van der Waals surface area contributed by atoms with Crippen LogP contribution in [0.5, 0.6) is 0 Å². The number of nitrogens with zero attached hydrogens (tertiary/aromatic N) is 2. The molecule has 2 heterocycles. The van der Waals surface area contributed by atoms with Crippen LogP contribution in [-0.2, 0) is 4.79 Å². The van der Waals surface area contributed by atoms with Crippen LogP contribution in [0.1, 0.15) is 39.7 Å². The summed E-state index contributed by atoms with van der Waals surface area (Å²) in [5.74, 6) is 0.175. The number of nitrogens with one attached hydrogen (secondary N) is 1. The van der Waals surface area contributed by atoms with Crippen LogP contribution in [0.3, 0.4) is 0 Å². The molecule has 1 aromatic heterocycles. The summed E-state index contributed by atoms with van der Waals surface area (Å²) < 4.78 is 1.81. The summed E-state index contributed by atoms with van der Waals surface area (Å²) in [5, 5.41) is 0.608. The minimum absolute atomic E-state index is 0.108. The molecule has 1 saturated heterocycles. The summed E-state index contributed by atoms with van der Waals surface area (Å²) >= 11 is 5.99. The first-order valence-corrected chi connectivity index (χ1v) is 8.34. The van der Waals surface area contributed by atoms with Crippen LogP contribution in [0, 0.1) is 5.41 Å². The highest BCUT2D eigenvalue weighted by atomic mass is 35.5. The van der Waals surface area contributed by atoms with Crippen molar-refractivity contribution >= 4 is 28.5 Å². The smallest absolute Gasteiger partial charge is 0.326 e. The van der Waals surface area contributed by atoms with Gasteiger partial charge < -0.3 is 9.88 Å². The SMILES string of the molecule is CC(C)(C)C(=O)N1CCC(n2c(=O)[nH]c3cc(Cl)ccc32)CC1. The average Bonchev–Trinajstić information content (AvgIpc) is 2.80. The van der Waals surface area contributed by atoms with E-state index in [9.17, 15) is 9.59 Å². The van der Waals surface area contributed by atoms with Gasteiger partial charge in [0, 0.05) is 29.6 Å². The number of amides is 1. The molecule has 0 atom stereocenters. The summed E-state index contributed by atoms with van der Waals surface area (Å²) in [7, 11) is 0. The van der Waals surface area contributed by atoms with E-state index in [1.165, 1.54) is 0 Å². The van der Waals surface area contributed by atoms with Crippen LogP contribution in [0.15, 0.2) is 23.0 Å². The van der Waals surface area contributed by atoms with Gasteiger partial charge in [-0.15, -0.1) is 0 Å². The normalized spacial score (nSPS) is 17.0. The van der Waals surface area contributed by atoms with Crippen molar-refractivity contribution in [2.24, 2.45) is 5.41 Å². The quantitative estimate of drug-likeness (QED) is 0.870. The lowest BCUT2D eigenvalue weighted by molar-refractivity contribution is -0.140. The standard InChI is InChI=1S/C17H22ClN3O2/c1-17(2,3)15(22)20-8-6-12(7-9-20)21-14-5-4-11(18)10-13(14)19-16(21)23/h4-5,10,12H,6-9H2,1-3H3,(H,19,23). The summed E-state index contributed by atoms with van der Waals surface area (Å²) in [6.07, 6.45) is 1.58. The lowest BCUT2D eigenvalue weighted by Crippen LogP contribution is -2.45. The molecule has 0 saturated carbocycles. The van der Waals surface area contributed by atoms with Gasteiger partial charge in [-0.1, -0.05) is 32.4 Å². The lowest BCUT2D eigenvalue weighted by atomic mass is 9.93. The maximum Gasteiger partial charge on any atom is 0.326 e. The summed E-state index contributed by atoms with van der Waals surface area (Å²) in [4.78, 5) is 29.4. The van der Waals surface area contributed by atoms with Crippen molar-refractivity contribution in [1.29, 1.82) is 0 Å². The van der Waals surface area contributed by atoms with Crippen molar-refractivity contribution < 1.29 is 4.79 Å². The number of likely N-dealkylation sites (tertiary alicyclic amines) is 1. The Bertz CT molecular complexity index is 792. The van der Waals surface area contributed by atoms with E-state index in [4.69, 9.17) is 11.6 Å². The topological polar surface area (TPSA) is 58.1 Å². The number of aromatic amines is 1. The molecule has 6 heteroatoms. The second-order valence-corrected chi connectivity index (χ2v) is 7.67. The molecule has 124 valence electrons. The Morgan fingerprint density at radius 3 is 2.52 bits per heavy atom. The first kappa shape index (κ1) is 16.1. The highest BCUT2D eigenvalue weighted by Crippen LogP contribution is 2.28. The molecule has 5 nitrogen and oxygen atoms in total. The van der Waals surface area contributed by atoms with Gasteiger partial charge in [-0.05, 0) is 31.0 Å². The monoisotopic (exact) mass is 335 g/mol. The number of aromatic nitrogens is 2. The zero-order valence-corrected chi connectivity index (χ0v) is 14.5. The van der Waals surface area contributed by atoms with Crippen molar-refractivity contribution in [3.05, 3.63) is 33.7 Å². The van der Waals surface area contributed by atoms with Crippen molar-refractivity contribution in [1.82, 2.24) is 14.5 Å². The maximum absolute atomic E-state index is 12.4. The van der Waals surface area contributed by atoms with Crippen LogP contribution < -0.4 is 5.69 Å². The highest BCUT2D eigenvalue weighted by molar-refractivity contribution is 6.31. The molecule has 23 heavy (non-hydrogen) atoms. The van der Waals surface area contributed by atoms with Gasteiger partial charge in [0.05, 0.1) is 11.0 Å². The number of hydrogen-bond donors (Lipinski definition) is 1. The van der Waals surface area contributed by atoms with E-state index in [-0.39, 0.29) is 23.1 Å². The Balaban J connectivity index is 1.82. The molecule has 1 fully saturated rings. The summed E-state index contributed by atoms with van der Waals surface area (Å²) in [5.41, 5.74) is 1.17. The number of halogens is 1. The number of imidazole rings is 1. The number of carbonyl (C=O) groups is 1. The molecule has 0 spiro atoms. The van der Waals surface area contributed by atoms with Crippen LogP contribution in [0.25, 0.3) is 11.0 Å². The third kappa shape index (κ3) is 3.02. The van der Waals surface area contributed by atoms with Gasteiger partial charge in [0.15, 0.2) is 0 Å². The minimum Gasteiger partial charge on any atom is -0.342 e. The third-order valence-electron chi connectivity index (χ3n) is 4.44. The van der Waals surface area contributed by atoms with E-state index >= 15 is 0 Å². The van der Waals surface area contributed by atoms with Crippen LogP contribution in [0.4, 0.5) is 0 Å². The highest BCUT2D eigenvalue weighted by Gasteiger charge is 2.31. The largest absolute Gasteiger partial charge is 0.342 e. The zero-order valence-electron chi connectivity index (χ0n) is 13.7. The zero-order chi connectivity index (χ0) is 16.8. The number of carbonyl (C=O) groups excluding carboxylic acids is 1. The molecule has 1 aliphatic rings. The van der Waals surface area contributed by atoms with Crippen molar-refractivity contribution in [2.75, 3.05) is 13.1 Å². The minimum atomic E-state index is -0.360. The number of benzene rings is 1. The average molecular weight is 336 g/mol. The van der Waals surface area contributed by atoms with Crippen molar-refractivity contribution in [3.8, 4) is 0 Å². The summed E-state index contributed by atoms with van der Waals surface area (Å²) in [6.45, 7) is 7.20. The van der Waals surface area contributed by atoms with Gasteiger partial charge in [0.2, 0.25) is 5.91 Å². The van der Waals surface area contributed by atoms with Crippen LogP contribution in [-0.4, -0.2) is 33.4 Å². The Morgan fingerprint density at radius 2 is 1.91 bits per heavy atom. The molecule has 0 unspecified atom stereocenters. The fraction of sp³-hybridized carbons (Fsp3) is 0.529.